The van der Waals surface area contributed by atoms with Crippen LogP contribution in [0.4, 0.5) is 0 Å². The van der Waals surface area contributed by atoms with Crippen LogP contribution in [0.5, 0.6) is 0 Å². The second-order valence-electron chi connectivity index (χ2n) is 2.35. The zero-order valence-electron chi connectivity index (χ0n) is 6.28. The third-order valence-corrected chi connectivity index (χ3v) is 1.38. The molecule has 0 radical (unpaired) electrons. The number of nitrogens with zero attached hydrogens (tertiary/aromatic N) is 2. The molecule has 0 aliphatic carbocycles. The van der Waals surface area contributed by atoms with E-state index in [9.17, 15) is 0 Å². The first-order chi connectivity index (χ1) is 3.80. The predicted molar refractivity (Wildman–Crippen MR) is 49.7 cm³/mol. The Labute approximate surface area is 74.5 Å². The van der Waals surface area contributed by atoms with Crippen LogP contribution in [0.25, 0.3) is 0 Å². The number of halogens is 2. The Kier molecular flexibility index (Phi) is 7.38. The molecule has 0 saturated heterocycles. The van der Waals surface area contributed by atoms with Crippen LogP contribution in [0.3, 0.4) is 0 Å². The van der Waals surface area contributed by atoms with Crippen LogP contribution in [0.2, 0.25) is 0 Å². The van der Waals surface area contributed by atoms with E-state index < -0.39 is 0 Å². The molecule has 0 spiro atoms. The van der Waals surface area contributed by atoms with Crippen molar-refractivity contribution >= 4 is 31.2 Å². The summed E-state index contributed by atoms with van der Waals surface area (Å²) in [6.07, 6.45) is 1.94. The van der Waals surface area contributed by atoms with Gasteiger partial charge in [0.2, 0.25) is 0 Å². The summed E-state index contributed by atoms with van der Waals surface area (Å²) in [6, 6.07) is 0.626. The van der Waals surface area contributed by atoms with E-state index in [-0.39, 0.29) is 24.8 Å². The third kappa shape index (κ3) is 3.28. The van der Waals surface area contributed by atoms with Crippen LogP contribution >= 0.6 is 24.8 Å². The van der Waals surface area contributed by atoms with Crippen LogP contribution < -0.4 is 0 Å². The fourth-order valence-electron chi connectivity index (χ4n) is 0.785. The van der Waals surface area contributed by atoms with Crippen molar-refractivity contribution in [3.63, 3.8) is 0 Å². The van der Waals surface area contributed by atoms with Crippen molar-refractivity contribution in [2.45, 2.75) is 19.9 Å². The van der Waals surface area contributed by atoms with Gasteiger partial charge in [-0.2, -0.15) is 0 Å². The SMILES string of the molecule is CC(C)N1C=NCC1.Cl.Cl. The molecule has 62 valence electrons. The Morgan fingerprint density at radius 1 is 1.40 bits per heavy atom. The molecular formula is C6H14Cl2N2. The van der Waals surface area contributed by atoms with Gasteiger partial charge in [-0.05, 0) is 13.8 Å². The normalized spacial score (nSPS) is 14.9. The molecule has 1 rings (SSSR count). The lowest BCUT2D eigenvalue weighted by molar-refractivity contribution is 0.390. The first-order valence-electron chi connectivity index (χ1n) is 3.06. The van der Waals surface area contributed by atoms with E-state index in [4.69, 9.17) is 0 Å². The number of aliphatic imine (C=N–C) groups is 1. The van der Waals surface area contributed by atoms with Gasteiger partial charge < -0.3 is 4.90 Å². The van der Waals surface area contributed by atoms with Gasteiger partial charge in [-0.25, -0.2) is 0 Å². The van der Waals surface area contributed by atoms with Gasteiger partial charge >= 0.3 is 0 Å². The monoisotopic (exact) mass is 184 g/mol. The highest BCUT2D eigenvalue weighted by Gasteiger charge is 2.06. The summed E-state index contributed by atoms with van der Waals surface area (Å²) in [6.45, 7) is 6.45. The molecule has 0 aromatic rings. The molecule has 0 aromatic heterocycles. The molecule has 2 nitrogen and oxygen atoms in total. The van der Waals surface area contributed by atoms with E-state index in [0.717, 1.165) is 13.1 Å². The van der Waals surface area contributed by atoms with Crippen LogP contribution in [-0.2, 0) is 0 Å². The van der Waals surface area contributed by atoms with E-state index in [2.05, 4.69) is 23.7 Å². The van der Waals surface area contributed by atoms with E-state index in [1.54, 1.807) is 0 Å². The number of hydrogen-bond donors (Lipinski definition) is 0. The van der Waals surface area contributed by atoms with E-state index in [1.165, 1.54) is 0 Å². The molecule has 1 aliphatic heterocycles. The van der Waals surface area contributed by atoms with Gasteiger partial charge in [0.1, 0.15) is 0 Å². The van der Waals surface area contributed by atoms with Crippen molar-refractivity contribution in [1.82, 2.24) is 4.90 Å². The predicted octanol–water partition coefficient (Wildman–Crippen LogP) is 1.58. The van der Waals surface area contributed by atoms with Crippen LogP contribution in [0.1, 0.15) is 13.8 Å². The summed E-state index contributed by atoms with van der Waals surface area (Å²) in [7, 11) is 0. The summed E-state index contributed by atoms with van der Waals surface area (Å²) in [5.74, 6) is 0. The first kappa shape index (κ1) is 12.7. The minimum atomic E-state index is 0. The minimum Gasteiger partial charge on any atom is -0.359 e. The molecule has 0 N–H and O–H groups in total. The zero-order chi connectivity index (χ0) is 5.98. The lowest BCUT2D eigenvalue weighted by Gasteiger charge is -2.17. The van der Waals surface area contributed by atoms with Gasteiger partial charge in [0.05, 0.1) is 12.9 Å². The molecule has 0 aromatic carbocycles. The highest BCUT2D eigenvalue weighted by molar-refractivity contribution is 5.85. The van der Waals surface area contributed by atoms with Gasteiger partial charge in [0.25, 0.3) is 0 Å². The summed E-state index contributed by atoms with van der Waals surface area (Å²) >= 11 is 0. The fourth-order valence-corrected chi connectivity index (χ4v) is 0.785. The molecule has 0 atom stereocenters. The average Bonchev–Trinajstić information content (AvgIpc) is 2.12. The highest BCUT2D eigenvalue weighted by Crippen LogP contribution is 1.98. The second-order valence-corrected chi connectivity index (χ2v) is 2.35. The summed E-state index contributed by atoms with van der Waals surface area (Å²) in [5.41, 5.74) is 0. The van der Waals surface area contributed by atoms with E-state index in [0.29, 0.717) is 6.04 Å². The Morgan fingerprint density at radius 3 is 2.20 bits per heavy atom. The van der Waals surface area contributed by atoms with Crippen molar-refractivity contribution < 1.29 is 0 Å². The van der Waals surface area contributed by atoms with Gasteiger partial charge in [-0.15, -0.1) is 24.8 Å². The van der Waals surface area contributed by atoms with Crippen molar-refractivity contribution in [3.8, 4) is 0 Å². The highest BCUT2D eigenvalue weighted by atomic mass is 35.5. The van der Waals surface area contributed by atoms with Gasteiger partial charge in [0, 0.05) is 12.6 Å². The van der Waals surface area contributed by atoms with E-state index in [1.807, 2.05) is 6.34 Å². The third-order valence-electron chi connectivity index (χ3n) is 1.38. The average molecular weight is 185 g/mol. The van der Waals surface area contributed by atoms with Gasteiger partial charge in [-0.3, -0.25) is 4.99 Å². The maximum Gasteiger partial charge on any atom is 0.0853 e. The smallest absolute Gasteiger partial charge is 0.0853 e. The summed E-state index contributed by atoms with van der Waals surface area (Å²) < 4.78 is 0. The second kappa shape index (κ2) is 5.81. The summed E-state index contributed by atoms with van der Waals surface area (Å²) in [5, 5.41) is 0. The molecule has 0 unspecified atom stereocenters. The van der Waals surface area contributed by atoms with Crippen molar-refractivity contribution in [2.24, 2.45) is 4.99 Å². The van der Waals surface area contributed by atoms with Crippen molar-refractivity contribution in [2.75, 3.05) is 13.1 Å². The maximum atomic E-state index is 4.09. The number of rotatable bonds is 1. The topological polar surface area (TPSA) is 15.6 Å². The molecule has 0 fully saturated rings. The van der Waals surface area contributed by atoms with Gasteiger partial charge in [0.15, 0.2) is 0 Å². The molecule has 0 bridgehead atoms. The van der Waals surface area contributed by atoms with Crippen molar-refractivity contribution in [3.05, 3.63) is 0 Å². The molecule has 4 heteroatoms. The van der Waals surface area contributed by atoms with Crippen LogP contribution in [0.15, 0.2) is 4.99 Å². The molecule has 1 aliphatic rings. The molecule has 10 heavy (non-hydrogen) atoms. The Morgan fingerprint density at radius 2 is 2.00 bits per heavy atom. The Balaban J connectivity index is 0. The van der Waals surface area contributed by atoms with E-state index >= 15 is 0 Å². The quantitative estimate of drug-likeness (QED) is 0.605. The zero-order valence-corrected chi connectivity index (χ0v) is 7.91. The standard InChI is InChI=1S/C6H12N2.2ClH/c1-6(2)8-4-3-7-5-8;;/h5-6H,3-4H2,1-2H3;2*1H. The molecule has 0 amide bonds. The maximum absolute atomic E-state index is 4.09. The molecule has 0 saturated carbocycles. The largest absolute Gasteiger partial charge is 0.359 e. The van der Waals surface area contributed by atoms with Gasteiger partial charge in [-0.1, -0.05) is 0 Å². The lowest BCUT2D eigenvalue weighted by Crippen LogP contribution is -2.27. The lowest BCUT2D eigenvalue weighted by atomic mass is 10.3. The fraction of sp³-hybridized carbons (Fsp3) is 0.833. The summed E-state index contributed by atoms with van der Waals surface area (Å²) in [4.78, 5) is 6.32. The number of hydrogen-bond acceptors (Lipinski definition) is 2. The Hall–Kier alpha value is 0.0500. The van der Waals surface area contributed by atoms with Crippen LogP contribution in [0, 0.1) is 0 Å². The molecule has 1 heterocycles. The first-order valence-corrected chi connectivity index (χ1v) is 3.06. The van der Waals surface area contributed by atoms with Crippen molar-refractivity contribution in [1.29, 1.82) is 0 Å². The molecular weight excluding hydrogens is 171 g/mol. The van der Waals surface area contributed by atoms with Crippen LogP contribution in [-0.4, -0.2) is 30.4 Å². The minimum absolute atomic E-state index is 0. The Bertz CT molecular complexity index is 104.